The highest BCUT2D eigenvalue weighted by Crippen LogP contribution is 2.28. The first-order valence-electron chi connectivity index (χ1n) is 12.5. The molecule has 1 aliphatic rings. The molecule has 0 aromatic heterocycles. The molecule has 0 radical (unpaired) electrons. The smallest absolute Gasteiger partial charge is 0.408 e. The number of hydrogen-bond acceptors (Lipinski definition) is 6. The molecule has 10 nitrogen and oxygen atoms in total. The average molecular weight is 504 g/mol. The third-order valence-electron chi connectivity index (χ3n) is 5.85. The van der Waals surface area contributed by atoms with E-state index in [1.54, 1.807) is 39.8 Å². The maximum atomic E-state index is 13.4. The van der Waals surface area contributed by atoms with Crippen molar-refractivity contribution in [3.05, 3.63) is 23.8 Å². The second-order valence-electron chi connectivity index (χ2n) is 11.0. The Morgan fingerprint density at radius 1 is 1.19 bits per heavy atom. The van der Waals surface area contributed by atoms with Crippen molar-refractivity contribution < 1.29 is 23.9 Å². The second-order valence-corrected chi connectivity index (χ2v) is 11.0. The number of amides is 4. The van der Waals surface area contributed by atoms with E-state index in [0.717, 1.165) is 5.56 Å². The summed E-state index contributed by atoms with van der Waals surface area (Å²) in [5.74, 6) is -1.26. The second kappa shape index (κ2) is 11.6. The van der Waals surface area contributed by atoms with Crippen LogP contribution in [0.1, 0.15) is 73.3 Å². The Kier molecular flexibility index (Phi) is 9.34. The SMILES string of the molecule is CCCC(C)(NC(=O)OC(C)(C)C)C(=O)N[C@H](CC(C)C)C(=O)NC1Cc2cccc(N)c2NC1=O. The molecule has 1 heterocycles. The molecule has 1 aromatic rings. The van der Waals surface area contributed by atoms with E-state index in [-0.39, 0.29) is 18.2 Å². The van der Waals surface area contributed by atoms with Crippen LogP contribution in [0.15, 0.2) is 18.2 Å². The van der Waals surface area contributed by atoms with Gasteiger partial charge in [-0.05, 0) is 58.1 Å². The van der Waals surface area contributed by atoms with Crippen LogP contribution in [-0.2, 0) is 25.5 Å². The molecular formula is C26H41N5O5. The van der Waals surface area contributed by atoms with Gasteiger partial charge in [-0.25, -0.2) is 4.79 Å². The van der Waals surface area contributed by atoms with Gasteiger partial charge in [-0.1, -0.05) is 39.3 Å². The molecule has 0 aliphatic carbocycles. The summed E-state index contributed by atoms with van der Waals surface area (Å²) in [4.78, 5) is 51.7. The quantitative estimate of drug-likeness (QED) is 0.327. The van der Waals surface area contributed by atoms with Gasteiger partial charge in [-0.3, -0.25) is 14.4 Å². The number of benzene rings is 1. The predicted molar refractivity (Wildman–Crippen MR) is 139 cm³/mol. The van der Waals surface area contributed by atoms with Gasteiger partial charge >= 0.3 is 6.09 Å². The number of hydrogen-bond donors (Lipinski definition) is 5. The van der Waals surface area contributed by atoms with Crippen molar-refractivity contribution in [2.45, 2.75) is 97.4 Å². The van der Waals surface area contributed by atoms with Crippen LogP contribution in [0.5, 0.6) is 0 Å². The minimum atomic E-state index is -1.29. The van der Waals surface area contributed by atoms with Crippen LogP contribution in [0, 0.1) is 5.92 Å². The maximum absolute atomic E-state index is 13.4. The van der Waals surface area contributed by atoms with E-state index in [9.17, 15) is 19.2 Å². The molecule has 6 N–H and O–H groups in total. The molecule has 200 valence electrons. The minimum Gasteiger partial charge on any atom is -0.444 e. The van der Waals surface area contributed by atoms with Crippen LogP contribution in [0.4, 0.5) is 16.2 Å². The van der Waals surface area contributed by atoms with E-state index in [1.165, 1.54) is 0 Å². The summed E-state index contributed by atoms with van der Waals surface area (Å²) in [5.41, 5.74) is 5.78. The van der Waals surface area contributed by atoms with Crippen LogP contribution in [-0.4, -0.2) is 47.0 Å². The number of anilines is 2. The molecule has 1 aromatic carbocycles. The molecular weight excluding hydrogens is 462 g/mol. The van der Waals surface area contributed by atoms with Crippen LogP contribution in [0.25, 0.3) is 0 Å². The molecule has 0 spiro atoms. The van der Waals surface area contributed by atoms with Crippen molar-refractivity contribution in [3.63, 3.8) is 0 Å². The Morgan fingerprint density at radius 3 is 2.44 bits per heavy atom. The highest BCUT2D eigenvalue weighted by Gasteiger charge is 2.38. The fourth-order valence-corrected chi connectivity index (χ4v) is 4.14. The zero-order valence-corrected chi connectivity index (χ0v) is 22.4. The Morgan fingerprint density at radius 2 is 1.86 bits per heavy atom. The molecule has 0 bridgehead atoms. The van der Waals surface area contributed by atoms with E-state index in [0.29, 0.717) is 30.6 Å². The zero-order valence-electron chi connectivity index (χ0n) is 22.4. The minimum absolute atomic E-state index is 0.0815. The first-order chi connectivity index (χ1) is 16.6. The first kappa shape index (κ1) is 28.9. The summed E-state index contributed by atoms with van der Waals surface area (Å²) in [5, 5.41) is 11.0. The normalized spacial score (nSPS) is 17.8. The molecule has 0 saturated carbocycles. The number of nitrogens with two attached hydrogens (primary N) is 1. The van der Waals surface area contributed by atoms with Crippen molar-refractivity contribution in [2.24, 2.45) is 5.92 Å². The Balaban J connectivity index is 2.17. The summed E-state index contributed by atoms with van der Waals surface area (Å²) in [7, 11) is 0. The van der Waals surface area contributed by atoms with E-state index in [1.807, 2.05) is 26.8 Å². The summed E-state index contributed by atoms with van der Waals surface area (Å²) in [6.07, 6.45) is 0.886. The van der Waals surface area contributed by atoms with Gasteiger partial charge < -0.3 is 31.7 Å². The third-order valence-corrected chi connectivity index (χ3v) is 5.85. The molecule has 0 saturated heterocycles. The molecule has 0 fully saturated rings. The molecule has 36 heavy (non-hydrogen) atoms. The lowest BCUT2D eigenvalue weighted by atomic mass is 9.93. The number of nitrogen functional groups attached to an aromatic ring is 1. The largest absolute Gasteiger partial charge is 0.444 e. The van der Waals surface area contributed by atoms with Gasteiger partial charge in [0.1, 0.15) is 23.2 Å². The van der Waals surface area contributed by atoms with Crippen molar-refractivity contribution in [2.75, 3.05) is 11.1 Å². The number of alkyl carbamates (subject to hydrolysis) is 1. The van der Waals surface area contributed by atoms with Crippen molar-refractivity contribution in [1.82, 2.24) is 16.0 Å². The third kappa shape index (κ3) is 7.86. The number of nitrogens with one attached hydrogen (secondary N) is 4. The Hall–Kier alpha value is -3.30. The van der Waals surface area contributed by atoms with E-state index in [4.69, 9.17) is 10.5 Å². The predicted octanol–water partition coefficient (Wildman–Crippen LogP) is 2.86. The van der Waals surface area contributed by atoms with E-state index < -0.39 is 41.1 Å². The number of ether oxygens (including phenoxy) is 1. The standard InChI is InChI=1S/C26H41N5O5/c1-8-12-26(7,31-24(35)36-25(4,5)6)23(34)29-18(13-15(2)3)21(32)28-19-14-16-10-9-11-17(27)20(16)30-22(19)33/h9-11,15,18-19H,8,12-14,27H2,1-7H3,(H,28,32)(H,29,34)(H,30,33)(H,31,35)/t18-,19?,26?/m1/s1. The average Bonchev–Trinajstić information content (AvgIpc) is 2.72. The van der Waals surface area contributed by atoms with Gasteiger partial charge in [0, 0.05) is 6.42 Å². The van der Waals surface area contributed by atoms with Crippen LogP contribution >= 0.6 is 0 Å². The maximum Gasteiger partial charge on any atom is 0.408 e. The van der Waals surface area contributed by atoms with Crippen molar-refractivity contribution in [3.8, 4) is 0 Å². The molecule has 2 unspecified atom stereocenters. The van der Waals surface area contributed by atoms with Crippen molar-refractivity contribution >= 4 is 35.2 Å². The molecule has 1 aliphatic heterocycles. The summed E-state index contributed by atoms with van der Waals surface area (Å²) < 4.78 is 5.33. The van der Waals surface area contributed by atoms with Gasteiger partial charge in [-0.15, -0.1) is 0 Å². The van der Waals surface area contributed by atoms with Gasteiger partial charge in [-0.2, -0.15) is 0 Å². The summed E-state index contributed by atoms with van der Waals surface area (Å²) >= 11 is 0. The number of fused-ring (bicyclic) bond motifs is 1. The number of carbonyl (C=O) groups is 4. The molecule has 3 atom stereocenters. The number of rotatable bonds is 9. The van der Waals surface area contributed by atoms with Gasteiger partial charge in [0.15, 0.2) is 0 Å². The Bertz CT molecular complexity index is 987. The summed E-state index contributed by atoms with van der Waals surface area (Å²) in [6, 6.07) is 3.63. The van der Waals surface area contributed by atoms with Gasteiger partial charge in [0.2, 0.25) is 17.7 Å². The fourth-order valence-electron chi connectivity index (χ4n) is 4.14. The zero-order chi connectivity index (χ0) is 27.3. The number of para-hydroxylation sites is 1. The fraction of sp³-hybridized carbons (Fsp3) is 0.615. The van der Waals surface area contributed by atoms with Crippen molar-refractivity contribution in [1.29, 1.82) is 0 Å². The lowest BCUT2D eigenvalue weighted by Crippen LogP contribution is -2.62. The highest BCUT2D eigenvalue weighted by molar-refractivity contribution is 6.03. The van der Waals surface area contributed by atoms with E-state index >= 15 is 0 Å². The Labute approximate surface area is 213 Å². The lowest BCUT2D eigenvalue weighted by Gasteiger charge is -2.33. The molecule has 2 rings (SSSR count). The molecule has 4 amide bonds. The van der Waals surface area contributed by atoms with Crippen LogP contribution < -0.4 is 27.0 Å². The highest BCUT2D eigenvalue weighted by atomic mass is 16.6. The monoisotopic (exact) mass is 503 g/mol. The number of carbonyl (C=O) groups excluding carboxylic acids is 4. The topological polar surface area (TPSA) is 152 Å². The summed E-state index contributed by atoms with van der Waals surface area (Å²) in [6.45, 7) is 12.6. The van der Waals surface area contributed by atoms with Crippen LogP contribution in [0.3, 0.4) is 0 Å². The van der Waals surface area contributed by atoms with Gasteiger partial charge in [0.25, 0.3) is 0 Å². The first-order valence-corrected chi connectivity index (χ1v) is 12.5. The molecule has 10 heteroatoms. The lowest BCUT2D eigenvalue weighted by molar-refractivity contribution is -0.134. The van der Waals surface area contributed by atoms with E-state index in [2.05, 4.69) is 21.3 Å². The van der Waals surface area contributed by atoms with Crippen LogP contribution in [0.2, 0.25) is 0 Å². The van der Waals surface area contributed by atoms with Gasteiger partial charge in [0.05, 0.1) is 11.4 Å².